The molecule has 6 heteroatoms. The Kier molecular flexibility index (Phi) is 4.67. The van der Waals surface area contributed by atoms with Crippen LogP contribution in [0.1, 0.15) is 18.9 Å². The fourth-order valence-electron chi connectivity index (χ4n) is 1.08. The highest BCUT2D eigenvalue weighted by atomic mass is 32.1. The molecule has 1 aromatic heterocycles. The molecule has 1 atom stereocenters. The van der Waals surface area contributed by atoms with Gasteiger partial charge in [0.2, 0.25) is 0 Å². The molecule has 0 radical (unpaired) electrons. The van der Waals surface area contributed by atoms with E-state index in [1.165, 1.54) is 0 Å². The first-order chi connectivity index (χ1) is 7.13. The number of hydrogen-bond acceptors (Lipinski definition) is 5. The molecule has 0 fully saturated rings. The van der Waals surface area contributed by atoms with Crippen molar-refractivity contribution >= 4 is 16.3 Å². The fraction of sp³-hybridized carbons (Fsp3) is 0.556. The second kappa shape index (κ2) is 5.79. The minimum atomic E-state index is -0.394. The number of nitro groups is 1. The molecule has 0 aromatic carbocycles. The maximum absolute atomic E-state index is 10.4. The summed E-state index contributed by atoms with van der Waals surface area (Å²) < 4.78 is 0. The third-order valence-corrected chi connectivity index (χ3v) is 2.93. The molecular weight excluding hydrogens is 216 g/mol. The first-order valence-electron chi connectivity index (χ1n) is 4.74. The summed E-state index contributed by atoms with van der Waals surface area (Å²) >= 11 is 1.12. The van der Waals surface area contributed by atoms with Crippen LogP contribution in [0.25, 0.3) is 0 Å². The summed E-state index contributed by atoms with van der Waals surface area (Å²) in [6, 6.07) is 1.55. The summed E-state index contributed by atoms with van der Waals surface area (Å²) in [5.41, 5.74) is 0.884. The van der Waals surface area contributed by atoms with Gasteiger partial charge in [-0.15, -0.1) is 0 Å². The van der Waals surface area contributed by atoms with E-state index in [1.54, 1.807) is 11.4 Å². The van der Waals surface area contributed by atoms with Gasteiger partial charge < -0.3 is 10.4 Å². The number of aliphatic hydroxyl groups is 1. The summed E-state index contributed by atoms with van der Waals surface area (Å²) in [6.07, 6.45) is 0.357. The molecule has 1 unspecified atom stereocenters. The Balaban J connectivity index is 2.35. The molecule has 0 spiro atoms. The van der Waals surface area contributed by atoms with Gasteiger partial charge in [-0.25, -0.2) is 0 Å². The van der Waals surface area contributed by atoms with Crippen LogP contribution < -0.4 is 5.32 Å². The molecule has 1 rings (SSSR count). The Bertz CT molecular complexity index is 327. The van der Waals surface area contributed by atoms with Crippen molar-refractivity contribution in [3.05, 3.63) is 27.1 Å². The molecule has 15 heavy (non-hydrogen) atoms. The predicted molar refractivity (Wildman–Crippen MR) is 59.0 cm³/mol. The van der Waals surface area contributed by atoms with Crippen LogP contribution >= 0.6 is 11.3 Å². The third kappa shape index (κ3) is 3.94. The number of aliphatic hydroxyl groups excluding tert-OH is 1. The van der Waals surface area contributed by atoms with Crippen molar-refractivity contribution in [2.75, 3.05) is 6.54 Å². The predicted octanol–water partition coefficient (Wildman–Crippen LogP) is 1.52. The summed E-state index contributed by atoms with van der Waals surface area (Å²) in [4.78, 5) is 10.0. The molecule has 5 nitrogen and oxygen atoms in total. The van der Waals surface area contributed by atoms with E-state index in [0.717, 1.165) is 16.9 Å². The maximum atomic E-state index is 10.4. The van der Waals surface area contributed by atoms with Crippen molar-refractivity contribution in [2.24, 2.45) is 0 Å². The molecule has 0 aliphatic heterocycles. The van der Waals surface area contributed by atoms with Crippen LogP contribution in [0.4, 0.5) is 5.00 Å². The Hall–Kier alpha value is -0.980. The van der Waals surface area contributed by atoms with Gasteiger partial charge in [-0.05, 0) is 12.0 Å². The van der Waals surface area contributed by atoms with Gasteiger partial charge in [-0.2, -0.15) is 0 Å². The first-order valence-corrected chi connectivity index (χ1v) is 5.62. The minimum Gasteiger partial charge on any atom is -0.392 e. The van der Waals surface area contributed by atoms with E-state index < -0.39 is 4.92 Å². The van der Waals surface area contributed by atoms with Gasteiger partial charge in [0.1, 0.15) is 0 Å². The Morgan fingerprint density at radius 3 is 3.00 bits per heavy atom. The average Bonchev–Trinajstić information content (AvgIpc) is 2.66. The van der Waals surface area contributed by atoms with E-state index in [4.69, 9.17) is 0 Å². The lowest BCUT2D eigenvalue weighted by Gasteiger charge is -2.07. The highest BCUT2D eigenvalue weighted by molar-refractivity contribution is 7.13. The average molecular weight is 230 g/mol. The monoisotopic (exact) mass is 230 g/mol. The molecule has 1 heterocycles. The summed E-state index contributed by atoms with van der Waals surface area (Å²) in [5.74, 6) is 0. The van der Waals surface area contributed by atoms with E-state index in [9.17, 15) is 15.2 Å². The molecule has 0 bridgehead atoms. The molecule has 0 amide bonds. The lowest BCUT2D eigenvalue weighted by Crippen LogP contribution is -2.25. The van der Waals surface area contributed by atoms with Crippen molar-refractivity contribution < 1.29 is 10.0 Å². The van der Waals surface area contributed by atoms with Gasteiger partial charge in [0, 0.05) is 24.5 Å². The topological polar surface area (TPSA) is 75.4 Å². The van der Waals surface area contributed by atoms with Gasteiger partial charge in [0.25, 0.3) is 0 Å². The molecule has 0 saturated carbocycles. The lowest BCUT2D eigenvalue weighted by molar-refractivity contribution is -0.380. The molecular formula is C9H14N2O3S. The lowest BCUT2D eigenvalue weighted by atomic mass is 10.2. The third-order valence-electron chi connectivity index (χ3n) is 2.00. The van der Waals surface area contributed by atoms with Crippen LogP contribution in [0.5, 0.6) is 0 Å². The van der Waals surface area contributed by atoms with E-state index in [0.29, 0.717) is 19.5 Å². The number of nitrogens with one attached hydrogen (secondary N) is 1. The fourth-order valence-corrected chi connectivity index (χ4v) is 1.81. The molecule has 1 aromatic rings. The molecule has 2 N–H and O–H groups in total. The molecule has 0 aliphatic carbocycles. The van der Waals surface area contributed by atoms with Crippen molar-refractivity contribution in [3.8, 4) is 0 Å². The van der Waals surface area contributed by atoms with Gasteiger partial charge >= 0.3 is 5.00 Å². The normalized spacial score (nSPS) is 12.7. The Labute approximate surface area is 91.9 Å². The smallest absolute Gasteiger partial charge is 0.324 e. The van der Waals surface area contributed by atoms with Crippen LogP contribution in [0, 0.1) is 10.1 Å². The number of nitrogens with zero attached hydrogens (tertiary/aromatic N) is 1. The van der Waals surface area contributed by atoms with Crippen LogP contribution in [-0.4, -0.2) is 22.7 Å². The molecule has 0 saturated heterocycles. The number of rotatable bonds is 6. The van der Waals surface area contributed by atoms with E-state index in [1.807, 2.05) is 6.92 Å². The van der Waals surface area contributed by atoms with Crippen LogP contribution in [-0.2, 0) is 6.54 Å². The zero-order chi connectivity index (χ0) is 11.3. The maximum Gasteiger partial charge on any atom is 0.324 e. The van der Waals surface area contributed by atoms with Crippen molar-refractivity contribution in [2.45, 2.75) is 26.0 Å². The summed E-state index contributed by atoms with van der Waals surface area (Å²) in [7, 11) is 0. The highest BCUT2D eigenvalue weighted by Gasteiger charge is 2.09. The minimum absolute atomic E-state index is 0.155. The number of hydrogen-bond donors (Lipinski definition) is 2. The van der Waals surface area contributed by atoms with Crippen LogP contribution in [0.2, 0.25) is 0 Å². The van der Waals surface area contributed by atoms with E-state index in [2.05, 4.69) is 5.32 Å². The van der Waals surface area contributed by atoms with E-state index in [-0.39, 0.29) is 11.1 Å². The van der Waals surface area contributed by atoms with Crippen LogP contribution in [0.3, 0.4) is 0 Å². The quantitative estimate of drug-likeness (QED) is 0.574. The van der Waals surface area contributed by atoms with Gasteiger partial charge in [-0.3, -0.25) is 10.1 Å². The summed E-state index contributed by atoms with van der Waals surface area (Å²) in [6.45, 7) is 2.98. The highest BCUT2D eigenvalue weighted by Crippen LogP contribution is 2.22. The molecule has 0 aliphatic rings. The summed E-state index contributed by atoms with van der Waals surface area (Å²) in [5, 5.41) is 24.6. The Morgan fingerprint density at radius 2 is 2.47 bits per heavy atom. The standard InChI is InChI=1S/C9H14N2O3S/c1-2-8(12)5-10-4-7-3-9(11(13)14)15-6-7/h3,6,8,10,12H,2,4-5H2,1H3. The van der Waals surface area contributed by atoms with E-state index >= 15 is 0 Å². The van der Waals surface area contributed by atoms with Gasteiger partial charge in [-0.1, -0.05) is 18.3 Å². The Morgan fingerprint density at radius 1 is 1.73 bits per heavy atom. The number of thiophene rings is 1. The van der Waals surface area contributed by atoms with Crippen LogP contribution in [0.15, 0.2) is 11.4 Å². The van der Waals surface area contributed by atoms with Crippen molar-refractivity contribution in [3.63, 3.8) is 0 Å². The van der Waals surface area contributed by atoms with Gasteiger partial charge in [0.05, 0.1) is 11.0 Å². The van der Waals surface area contributed by atoms with Crippen molar-refractivity contribution in [1.82, 2.24) is 5.32 Å². The second-order valence-electron chi connectivity index (χ2n) is 3.24. The zero-order valence-electron chi connectivity index (χ0n) is 8.47. The van der Waals surface area contributed by atoms with Crippen molar-refractivity contribution in [1.29, 1.82) is 0 Å². The largest absolute Gasteiger partial charge is 0.392 e. The van der Waals surface area contributed by atoms with Gasteiger partial charge in [0.15, 0.2) is 0 Å². The second-order valence-corrected chi connectivity index (χ2v) is 4.13. The molecule has 84 valence electrons. The zero-order valence-corrected chi connectivity index (χ0v) is 9.29. The SMILES string of the molecule is CCC(O)CNCc1csc([N+](=O)[O-])c1. The first kappa shape index (κ1) is 12.1.